The smallest absolute Gasteiger partial charge is 0.233 e. The number of hydrogen-bond acceptors (Lipinski definition) is 3. The molecule has 4 nitrogen and oxygen atoms in total. The first-order chi connectivity index (χ1) is 13.1. The fourth-order valence-corrected chi connectivity index (χ4v) is 4.22. The lowest BCUT2D eigenvalue weighted by Crippen LogP contribution is -2.56. The summed E-state index contributed by atoms with van der Waals surface area (Å²) in [6.07, 6.45) is 2.64. The van der Waals surface area contributed by atoms with Crippen LogP contribution in [0.25, 0.3) is 0 Å². The third-order valence-electron chi connectivity index (χ3n) is 5.98. The van der Waals surface area contributed by atoms with Crippen LogP contribution in [0.15, 0.2) is 48.5 Å². The van der Waals surface area contributed by atoms with Gasteiger partial charge in [-0.15, -0.1) is 0 Å². The van der Waals surface area contributed by atoms with Crippen molar-refractivity contribution >= 4 is 11.6 Å². The number of carbonyl (C=O) groups is 1. The lowest BCUT2D eigenvalue weighted by Gasteiger charge is -2.46. The maximum atomic E-state index is 13.7. The largest absolute Gasteiger partial charge is 0.497 e. The Labute approximate surface area is 159 Å². The van der Waals surface area contributed by atoms with Gasteiger partial charge in [-0.2, -0.15) is 0 Å². The molecule has 1 heterocycles. The molecule has 0 radical (unpaired) electrons. The Hall–Kier alpha value is -2.56. The first-order valence-electron chi connectivity index (χ1n) is 9.57. The van der Waals surface area contributed by atoms with Gasteiger partial charge in [0.1, 0.15) is 11.6 Å². The van der Waals surface area contributed by atoms with Gasteiger partial charge in [-0.25, -0.2) is 4.39 Å². The monoisotopic (exact) mass is 368 g/mol. The number of amides is 1. The summed E-state index contributed by atoms with van der Waals surface area (Å²) < 4.78 is 19.0. The third kappa shape index (κ3) is 3.27. The van der Waals surface area contributed by atoms with Crippen LogP contribution in [-0.4, -0.2) is 44.1 Å². The molecule has 0 atom stereocenters. The number of halogens is 1. The molecule has 0 spiro atoms. The van der Waals surface area contributed by atoms with Gasteiger partial charge in [0.2, 0.25) is 5.91 Å². The van der Waals surface area contributed by atoms with E-state index in [4.69, 9.17) is 4.74 Å². The summed E-state index contributed by atoms with van der Waals surface area (Å²) in [4.78, 5) is 17.6. The summed E-state index contributed by atoms with van der Waals surface area (Å²) in [6, 6.07) is 14.6. The van der Waals surface area contributed by atoms with Crippen molar-refractivity contribution in [2.75, 3.05) is 38.2 Å². The van der Waals surface area contributed by atoms with Gasteiger partial charge in [-0.1, -0.05) is 24.6 Å². The minimum absolute atomic E-state index is 0.157. The second-order valence-electron chi connectivity index (χ2n) is 7.43. The first kappa shape index (κ1) is 17.8. The molecule has 1 aliphatic carbocycles. The molecule has 0 N–H and O–H groups in total. The average molecular weight is 368 g/mol. The number of piperazine rings is 1. The van der Waals surface area contributed by atoms with Gasteiger partial charge in [-0.3, -0.25) is 4.79 Å². The second-order valence-corrected chi connectivity index (χ2v) is 7.43. The van der Waals surface area contributed by atoms with E-state index in [2.05, 4.69) is 11.0 Å². The Balaban J connectivity index is 1.46. The van der Waals surface area contributed by atoms with Crippen LogP contribution in [0.5, 0.6) is 5.75 Å². The number of anilines is 1. The van der Waals surface area contributed by atoms with E-state index >= 15 is 0 Å². The zero-order chi connectivity index (χ0) is 18.9. The van der Waals surface area contributed by atoms with Crippen molar-refractivity contribution in [3.63, 3.8) is 0 Å². The van der Waals surface area contributed by atoms with Gasteiger partial charge in [0, 0.05) is 37.9 Å². The number of rotatable bonds is 4. The van der Waals surface area contributed by atoms with Crippen molar-refractivity contribution < 1.29 is 13.9 Å². The van der Waals surface area contributed by atoms with Crippen LogP contribution in [0.1, 0.15) is 24.8 Å². The van der Waals surface area contributed by atoms with Crippen LogP contribution < -0.4 is 9.64 Å². The molecule has 0 bridgehead atoms. The minimum Gasteiger partial charge on any atom is -0.497 e. The highest BCUT2D eigenvalue weighted by atomic mass is 19.1. The maximum Gasteiger partial charge on any atom is 0.233 e. The molecule has 2 aliphatic rings. The fourth-order valence-electron chi connectivity index (χ4n) is 4.22. The van der Waals surface area contributed by atoms with Crippen LogP contribution in [0, 0.1) is 5.82 Å². The van der Waals surface area contributed by atoms with E-state index in [-0.39, 0.29) is 11.7 Å². The van der Waals surface area contributed by atoms with Crippen molar-refractivity contribution in [1.82, 2.24) is 4.90 Å². The van der Waals surface area contributed by atoms with Crippen LogP contribution in [-0.2, 0) is 10.2 Å². The molecule has 142 valence electrons. The van der Waals surface area contributed by atoms with E-state index in [1.54, 1.807) is 13.2 Å². The molecule has 2 aromatic carbocycles. The van der Waals surface area contributed by atoms with Gasteiger partial charge >= 0.3 is 0 Å². The lowest BCUT2D eigenvalue weighted by molar-refractivity contribution is -0.141. The number of hydrogen-bond donors (Lipinski definition) is 0. The molecule has 2 fully saturated rings. The quantitative estimate of drug-likeness (QED) is 0.827. The van der Waals surface area contributed by atoms with Gasteiger partial charge in [0.05, 0.1) is 12.5 Å². The van der Waals surface area contributed by atoms with E-state index in [1.807, 2.05) is 29.2 Å². The minimum atomic E-state index is -0.528. The molecular formula is C22H25FN2O2. The maximum absolute atomic E-state index is 13.7. The van der Waals surface area contributed by atoms with Gasteiger partial charge < -0.3 is 14.5 Å². The number of ether oxygens (including phenoxy) is 1. The number of carbonyl (C=O) groups excluding carboxylic acids is 1. The zero-order valence-corrected chi connectivity index (χ0v) is 15.7. The Morgan fingerprint density at radius 1 is 1.04 bits per heavy atom. The summed E-state index contributed by atoms with van der Waals surface area (Å²) >= 11 is 0. The standard InChI is InChI=1S/C22H25FN2O2/c1-27-20-8-3-7-19(16-20)24-11-13-25(14-12-24)21(26)22(9-4-10-22)17-5-2-6-18(23)15-17/h2-3,5-8,15-16H,4,9-14H2,1H3. The van der Waals surface area contributed by atoms with Crippen molar-refractivity contribution in [3.8, 4) is 5.75 Å². The Kier molecular flexibility index (Phi) is 4.77. The molecule has 5 heteroatoms. The number of methoxy groups -OCH3 is 1. The van der Waals surface area contributed by atoms with Crippen molar-refractivity contribution in [2.24, 2.45) is 0 Å². The molecule has 2 aromatic rings. The molecular weight excluding hydrogens is 343 g/mol. The highest BCUT2D eigenvalue weighted by molar-refractivity contribution is 5.89. The zero-order valence-electron chi connectivity index (χ0n) is 15.7. The van der Waals surface area contributed by atoms with Crippen molar-refractivity contribution in [1.29, 1.82) is 0 Å². The molecule has 0 unspecified atom stereocenters. The number of benzene rings is 2. The second kappa shape index (κ2) is 7.22. The summed E-state index contributed by atoms with van der Waals surface area (Å²) in [5.74, 6) is 0.726. The van der Waals surface area contributed by atoms with E-state index in [0.717, 1.165) is 49.4 Å². The predicted octanol–water partition coefficient (Wildman–Crippen LogP) is 3.60. The topological polar surface area (TPSA) is 32.8 Å². The highest BCUT2D eigenvalue weighted by Crippen LogP contribution is 2.45. The third-order valence-corrected chi connectivity index (χ3v) is 5.98. The van der Waals surface area contributed by atoms with Gasteiger partial charge in [0.25, 0.3) is 0 Å². The summed E-state index contributed by atoms with van der Waals surface area (Å²) in [5.41, 5.74) is 1.42. The van der Waals surface area contributed by atoms with Crippen molar-refractivity contribution in [3.05, 3.63) is 59.9 Å². The van der Waals surface area contributed by atoms with E-state index in [1.165, 1.54) is 12.1 Å². The van der Waals surface area contributed by atoms with Crippen molar-refractivity contribution in [2.45, 2.75) is 24.7 Å². The van der Waals surface area contributed by atoms with Crippen LogP contribution in [0.2, 0.25) is 0 Å². The molecule has 1 saturated carbocycles. The molecule has 1 aliphatic heterocycles. The Morgan fingerprint density at radius 3 is 2.41 bits per heavy atom. The fraction of sp³-hybridized carbons (Fsp3) is 0.409. The van der Waals surface area contributed by atoms with Gasteiger partial charge in [-0.05, 0) is 42.7 Å². The molecule has 0 aromatic heterocycles. The lowest BCUT2D eigenvalue weighted by atomic mass is 9.63. The SMILES string of the molecule is COc1cccc(N2CCN(C(=O)C3(c4cccc(F)c4)CCC3)CC2)c1. The predicted molar refractivity (Wildman–Crippen MR) is 104 cm³/mol. The highest BCUT2D eigenvalue weighted by Gasteiger charge is 2.48. The first-order valence-corrected chi connectivity index (χ1v) is 9.57. The van der Waals surface area contributed by atoms with E-state index in [9.17, 15) is 9.18 Å². The van der Waals surface area contributed by atoms with E-state index < -0.39 is 5.41 Å². The van der Waals surface area contributed by atoms with Crippen LogP contribution >= 0.6 is 0 Å². The molecule has 1 amide bonds. The van der Waals surface area contributed by atoms with Crippen LogP contribution in [0.4, 0.5) is 10.1 Å². The van der Waals surface area contributed by atoms with Crippen LogP contribution in [0.3, 0.4) is 0 Å². The summed E-state index contributed by atoms with van der Waals surface area (Å²) in [5, 5.41) is 0. The normalized spacial score (nSPS) is 18.7. The average Bonchev–Trinajstić information content (AvgIpc) is 2.67. The Bertz CT molecular complexity index is 827. The van der Waals surface area contributed by atoms with E-state index in [0.29, 0.717) is 13.1 Å². The molecule has 27 heavy (non-hydrogen) atoms. The molecule has 1 saturated heterocycles. The molecule has 4 rings (SSSR count). The Morgan fingerprint density at radius 2 is 1.78 bits per heavy atom. The summed E-state index contributed by atoms with van der Waals surface area (Å²) in [7, 11) is 1.67. The van der Waals surface area contributed by atoms with Gasteiger partial charge in [0.15, 0.2) is 0 Å². The number of nitrogens with zero attached hydrogens (tertiary/aromatic N) is 2. The summed E-state index contributed by atoms with van der Waals surface area (Å²) in [6.45, 7) is 2.95.